The van der Waals surface area contributed by atoms with Gasteiger partial charge in [0.1, 0.15) is 6.54 Å². The van der Waals surface area contributed by atoms with Crippen LogP contribution in [0.3, 0.4) is 0 Å². The fourth-order valence-electron chi connectivity index (χ4n) is 2.76. The highest BCUT2D eigenvalue weighted by Crippen LogP contribution is 2.19. The number of aromatic nitrogens is 2. The second-order valence-electron chi connectivity index (χ2n) is 6.19. The van der Waals surface area contributed by atoms with E-state index in [9.17, 15) is 14.4 Å². The van der Waals surface area contributed by atoms with E-state index in [1.165, 1.54) is 12.1 Å². The molecule has 0 atom stereocenters. The average molecular weight is 372 g/mol. The number of carbonyl (C=O) groups excluding carboxylic acids is 2. The number of amides is 2. The van der Waals surface area contributed by atoms with Crippen molar-refractivity contribution in [2.45, 2.75) is 39.7 Å². The van der Waals surface area contributed by atoms with Crippen LogP contribution in [0.2, 0.25) is 0 Å². The van der Waals surface area contributed by atoms with E-state index in [0.717, 1.165) is 18.5 Å². The zero-order valence-electron chi connectivity index (χ0n) is 15.7. The number of hydrogen-bond acceptors (Lipinski definition) is 4. The van der Waals surface area contributed by atoms with Gasteiger partial charge in [-0.2, -0.15) is 5.10 Å². The van der Waals surface area contributed by atoms with Crippen molar-refractivity contribution in [1.29, 1.82) is 0 Å². The van der Waals surface area contributed by atoms with Crippen molar-refractivity contribution in [2.24, 2.45) is 0 Å². The quantitative estimate of drug-likeness (QED) is 0.659. The van der Waals surface area contributed by atoms with Crippen LogP contribution in [-0.4, -0.2) is 39.2 Å². The molecular weight excluding hydrogens is 348 g/mol. The molecule has 0 aliphatic rings. The Balaban J connectivity index is 2.05. The first-order valence-corrected chi connectivity index (χ1v) is 8.83. The molecule has 0 bridgehead atoms. The molecule has 0 saturated carbocycles. The zero-order chi connectivity index (χ0) is 20.0. The Kier molecular flexibility index (Phi) is 6.70. The summed E-state index contributed by atoms with van der Waals surface area (Å²) in [6.07, 6.45) is 1.87. The summed E-state index contributed by atoms with van der Waals surface area (Å²) in [4.78, 5) is 34.7. The van der Waals surface area contributed by atoms with Gasteiger partial charge in [-0.1, -0.05) is 13.8 Å². The van der Waals surface area contributed by atoms with E-state index in [1.54, 1.807) is 18.2 Å². The number of hydrogen-bond donors (Lipinski definition) is 3. The second kappa shape index (κ2) is 8.98. The Bertz CT molecular complexity index is 823. The van der Waals surface area contributed by atoms with E-state index >= 15 is 0 Å². The van der Waals surface area contributed by atoms with E-state index < -0.39 is 18.4 Å². The Labute approximate surface area is 157 Å². The van der Waals surface area contributed by atoms with Gasteiger partial charge in [0.25, 0.3) is 11.8 Å². The van der Waals surface area contributed by atoms with Crippen LogP contribution >= 0.6 is 0 Å². The molecular formula is C19H24N4O4. The number of rotatable bonds is 8. The van der Waals surface area contributed by atoms with Gasteiger partial charge >= 0.3 is 5.97 Å². The van der Waals surface area contributed by atoms with Gasteiger partial charge in [0, 0.05) is 16.9 Å². The van der Waals surface area contributed by atoms with Crippen LogP contribution in [0.15, 0.2) is 30.3 Å². The Morgan fingerprint density at radius 2 is 1.74 bits per heavy atom. The number of nitrogens with zero attached hydrogens (tertiary/aromatic N) is 2. The average Bonchev–Trinajstić information content (AvgIpc) is 3.03. The van der Waals surface area contributed by atoms with Crippen molar-refractivity contribution >= 4 is 23.5 Å². The fourth-order valence-corrected chi connectivity index (χ4v) is 2.76. The minimum atomic E-state index is -1.12. The van der Waals surface area contributed by atoms with Crippen LogP contribution in [0.25, 0.3) is 0 Å². The van der Waals surface area contributed by atoms with Gasteiger partial charge in [0.2, 0.25) is 0 Å². The lowest BCUT2D eigenvalue weighted by Gasteiger charge is -2.14. The lowest BCUT2D eigenvalue weighted by Crippen LogP contribution is -2.29. The molecule has 1 heterocycles. The molecule has 0 aliphatic heterocycles. The van der Waals surface area contributed by atoms with Gasteiger partial charge in [0.05, 0.1) is 6.04 Å². The minimum absolute atomic E-state index is 0.259. The van der Waals surface area contributed by atoms with Crippen molar-refractivity contribution in [2.75, 3.05) is 11.9 Å². The highest BCUT2D eigenvalue weighted by molar-refractivity contribution is 6.03. The van der Waals surface area contributed by atoms with Gasteiger partial charge in [-0.05, 0) is 50.1 Å². The predicted octanol–water partition coefficient (Wildman–Crippen LogP) is 2.62. The summed E-state index contributed by atoms with van der Waals surface area (Å²) in [5.74, 6) is -1.93. The van der Waals surface area contributed by atoms with Crippen molar-refractivity contribution in [3.05, 3.63) is 47.3 Å². The Hall–Kier alpha value is -3.16. The van der Waals surface area contributed by atoms with E-state index in [1.807, 2.05) is 11.6 Å². The summed E-state index contributed by atoms with van der Waals surface area (Å²) in [7, 11) is 0. The number of carbonyl (C=O) groups is 3. The third-order valence-corrected chi connectivity index (χ3v) is 4.25. The molecule has 8 nitrogen and oxygen atoms in total. The second-order valence-corrected chi connectivity index (χ2v) is 6.19. The minimum Gasteiger partial charge on any atom is -0.480 e. The summed E-state index contributed by atoms with van der Waals surface area (Å²) >= 11 is 0. The maximum Gasteiger partial charge on any atom is 0.322 e. The van der Waals surface area contributed by atoms with E-state index in [2.05, 4.69) is 29.6 Å². The van der Waals surface area contributed by atoms with Crippen molar-refractivity contribution in [1.82, 2.24) is 15.1 Å². The highest BCUT2D eigenvalue weighted by atomic mass is 16.4. The molecule has 2 aromatic rings. The largest absolute Gasteiger partial charge is 0.480 e. The van der Waals surface area contributed by atoms with Gasteiger partial charge in [-0.3, -0.25) is 19.1 Å². The topological polar surface area (TPSA) is 113 Å². The number of carboxylic acid groups (broad SMARTS) is 1. The monoisotopic (exact) mass is 372 g/mol. The van der Waals surface area contributed by atoms with Gasteiger partial charge < -0.3 is 15.7 Å². The van der Waals surface area contributed by atoms with E-state index in [0.29, 0.717) is 16.9 Å². The van der Waals surface area contributed by atoms with Crippen LogP contribution in [0.1, 0.15) is 59.3 Å². The Morgan fingerprint density at radius 3 is 2.30 bits per heavy atom. The summed E-state index contributed by atoms with van der Waals surface area (Å²) < 4.78 is 1.88. The van der Waals surface area contributed by atoms with Crippen molar-refractivity contribution in [3.8, 4) is 0 Å². The van der Waals surface area contributed by atoms with Crippen molar-refractivity contribution < 1.29 is 19.5 Å². The maximum atomic E-state index is 12.4. The molecule has 8 heteroatoms. The number of carboxylic acids is 1. The summed E-state index contributed by atoms with van der Waals surface area (Å²) in [6, 6.07) is 8.20. The molecule has 2 rings (SSSR count). The normalized spacial score (nSPS) is 10.7. The van der Waals surface area contributed by atoms with Gasteiger partial charge in [-0.15, -0.1) is 0 Å². The first-order valence-electron chi connectivity index (χ1n) is 8.83. The molecule has 1 aromatic heterocycles. The SMILES string of the molecule is CCC(CC)n1nc(C(=O)Nc2ccc(C(=O)NCC(=O)O)cc2)cc1C. The van der Waals surface area contributed by atoms with Crippen LogP contribution in [0.5, 0.6) is 0 Å². The molecule has 0 radical (unpaired) electrons. The zero-order valence-corrected chi connectivity index (χ0v) is 15.7. The van der Waals surface area contributed by atoms with Gasteiger partial charge in [0.15, 0.2) is 5.69 Å². The summed E-state index contributed by atoms with van der Waals surface area (Å²) in [6.45, 7) is 5.65. The number of anilines is 1. The summed E-state index contributed by atoms with van der Waals surface area (Å²) in [5.41, 5.74) is 2.09. The van der Waals surface area contributed by atoms with Gasteiger partial charge in [-0.25, -0.2) is 0 Å². The molecule has 2 amide bonds. The fraction of sp³-hybridized carbons (Fsp3) is 0.368. The number of aryl methyl sites for hydroxylation is 1. The lowest BCUT2D eigenvalue weighted by atomic mass is 10.2. The lowest BCUT2D eigenvalue weighted by molar-refractivity contribution is -0.135. The van der Waals surface area contributed by atoms with Crippen LogP contribution in [-0.2, 0) is 4.79 Å². The smallest absolute Gasteiger partial charge is 0.322 e. The third kappa shape index (κ3) is 5.16. The number of aliphatic carboxylic acids is 1. The Morgan fingerprint density at radius 1 is 1.11 bits per heavy atom. The highest BCUT2D eigenvalue weighted by Gasteiger charge is 2.16. The third-order valence-electron chi connectivity index (χ3n) is 4.25. The summed E-state index contributed by atoms with van der Waals surface area (Å²) in [5, 5.41) is 18.0. The molecule has 0 spiro atoms. The molecule has 0 unspecified atom stereocenters. The van der Waals surface area contributed by atoms with E-state index in [-0.39, 0.29) is 11.9 Å². The standard InChI is InChI=1S/C19H24N4O4/c1-4-15(5-2)23-12(3)10-16(22-23)19(27)21-14-8-6-13(7-9-14)18(26)20-11-17(24)25/h6-10,15H,4-5,11H2,1-3H3,(H,20,26)(H,21,27)(H,24,25). The predicted molar refractivity (Wildman–Crippen MR) is 101 cm³/mol. The van der Waals surface area contributed by atoms with Crippen molar-refractivity contribution in [3.63, 3.8) is 0 Å². The number of benzene rings is 1. The number of nitrogens with one attached hydrogen (secondary N) is 2. The molecule has 144 valence electrons. The molecule has 0 fully saturated rings. The van der Waals surface area contributed by atoms with Crippen LogP contribution < -0.4 is 10.6 Å². The van der Waals surface area contributed by atoms with E-state index in [4.69, 9.17) is 5.11 Å². The van der Waals surface area contributed by atoms with Crippen LogP contribution in [0.4, 0.5) is 5.69 Å². The molecule has 3 N–H and O–H groups in total. The maximum absolute atomic E-state index is 12.4. The first kappa shape index (κ1) is 20.2. The molecule has 1 aromatic carbocycles. The molecule has 27 heavy (non-hydrogen) atoms. The van der Waals surface area contributed by atoms with Crippen LogP contribution in [0, 0.1) is 6.92 Å². The first-order chi connectivity index (χ1) is 12.8. The molecule has 0 aliphatic carbocycles. The molecule has 0 saturated heterocycles.